The first-order valence-electron chi connectivity index (χ1n) is 8.45. The van der Waals surface area contributed by atoms with Crippen LogP contribution in [0.5, 0.6) is 0 Å². The highest BCUT2D eigenvalue weighted by Gasteiger charge is 2.36. The van der Waals surface area contributed by atoms with Gasteiger partial charge in [-0.1, -0.05) is 78.1 Å². The van der Waals surface area contributed by atoms with Crippen molar-refractivity contribution >= 4 is 0 Å². The van der Waals surface area contributed by atoms with Crippen molar-refractivity contribution in [3.8, 4) is 0 Å². The molecule has 0 radical (unpaired) electrons. The Balaban J connectivity index is 2.12. The minimum absolute atomic E-state index is 0.309. The molecule has 1 nitrogen and oxygen atoms in total. The molecule has 0 aromatic rings. The number of hydrogen-bond acceptors (Lipinski definition) is 1. The molecule has 1 heteroatoms. The smallest absolute Gasteiger partial charge is 0.0675 e. The van der Waals surface area contributed by atoms with Crippen LogP contribution in [0.3, 0.4) is 0 Å². The SMILES string of the molecule is CCCCCCCCCC1(O)CCCCC1CC. The fraction of sp³-hybridized carbons (Fsp3) is 1.00. The molecule has 18 heavy (non-hydrogen) atoms. The van der Waals surface area contributed by atoms with Gasteiger partial charge in [0, 0.05) is 0 Å². The molecule has 1 aliphatic carbocycles. The third-order valence-electron chi connectivity index (χ3n) is 4.88. The van der Waals surface area contributed by atoms with Crippen LogP contribution in [0.1, 0.15) is 97.3 Å². The number of hydrogen-bond donors (Lipinski definition) is 1. The third kappa shape index (κ3) is 5.30. The number of aliphatic hydroxyl groups is 1. The van der Waals surface area contributed by atoms with Gasteiger partial charge in [-0.05, 0) is 25.2 Å². The van der Waals surface area contributed by atoms with Gasteiger partial charge in [0.05, 0.1) is 5.60 Å². The molecule has 1 saturated carbocycles. The van der Waals surface area contributed by atoms with E-state index in [4.69, 9.17) is 0 Å². The Hall–Kier alpha value is -0.0400. The van der Waals surface area contributed by atoms with Crippen LogP contribution < -0.4 is 0 Å². The topological polar surface area (TPSA) is 20.2 Å². The lowest BCUT2D eigenvalue weighted by Gasteiger charge is -2.40. The summed E-state index contributed by atoms with van der Waals surface area (Å²) in [7, 11) is 0. The zero-order valence-electron chi connectivity index (χ0n) is 12.7. The first kappa shape index (κ1) is 16.0. The summed E-state index contributed by atoms with van der Waals surface area (Å²) in [4.78, 5) is 0. The van der Waals surface area contributed by atoms with E-state index >= 15 is 0 Å². The molecular weight excluding hydrogens is 220 g/mol. The van der Waals surface area contributed by atoms with Crippen molar-refractivity contribution in [1.29, 1.82) is 0 Å². The lowest BCUT2D eigenvalue weighted by Crippen LogP contribution is -2.40. The zero-order chi connectivity index (χ0) is 13.3. The Morgan fingerprint density at radius 1 is 0.944 bits per heavy atom. The van der Waals surface area contributed by atoms with Crippen molar-refractivity contribution in [2.24, 2.45) is 5.92 Å². The van der Waals surface area contributed by atoms with E-state index in [0.717, 1.165) is 19.3 Å². The molecule has 1 fully saturated rings. The summed E-state index contributed by atoms with van der Waals surface area (Å²) in [6, 6.07) is 0. The lowest BCUT2D eigenvalue weighted by molar-refractivity contribution is -0.0579. The molecule has 0 saturated heterocycles. The van der Waals surface area contributed by atoms with Gasteiger partial charge in [-0.15, -0.1) is 0 Å². The molecule has 2 unspecified atom stereocenters. The predicted molar refractivity (Wildman–Crippen MR) is 79.8 cm³/mol. The van der Waals surface area contributed by atoms with E-state index in [1.54, 1.807) is 0 Å². The van der Waals surface area contributed by atoms with Crippen molar-refractivity contribution in [1.82, 2.24) is 0 Å². The molecule has 2 atom stereocenters. The lowest BCUT2D eigenvalue weighted by atomic mass is 9.71. The second-order valence-electron chi connectivity index (χ2n) is 6.33. The molecule has 0 spiro atoms. The Bertz CT molecular complexity index is 202. The maximum Gasteiger partial charge on any atom is 0.0675 e. The van der Waals surface area contributed by atoms with E-state index in [0.29, 0.717) is 5.92 Å². The second kappa shape index (κ2) is 8.96. The maximum atomic E-state index is 10.8. The largest absolute Gasteiger partial charge is 0.390 e. The summed E-state index contributed by atoms with van der Waals surface area (Å²) < 4.78 is 0. The number of unbranched alkanes of at least 4 members (excludes halogenated alkanes) is 6. The molecule has 0 aromatic heterocycles. The van der Waals surface area contributed by atoms with E-state index in [9.17, 15) is 5.11 Å². The quantitative estimate of drug-likeness (QED) is 0.542. The van der Waals surface area contributed by atoms with Crippen LogP contribution in [-0.2, 0) is 0 Å². The third-order valence-corrected chi connectivity index (χ3v) is 4.88. The van der Waals surface area contributed by atoms with Crippen LogP contribution >= 0.6 is 0 Å². The van der Waals surface area contributed by atoms with Gasteiger partial charge in [0.25, 0.3) is 0 Å². The first-order valence-corrected chi connectivity index (χ1v) is 8.45. The molecular formula is C17H34O. The van der Waals surface area contributed by atoms with E-state index < -0.39 is 0 Å². The Labute approximate surface area is 114 Å². The molecule has 0 heterocycles. The average molecular weight is 254 g/mol. The van der Waals surface area contributed by atoms with Crippen molar-refractivity contribution in [3.63, 3.8) is 0 Å². The molecule has 1 N–H and O–H groups in total. The average Bonchev–Trinajstić information content (AvgIpc) is 2.38. The highest BCUT2D eigenvalue weighted by atomic mass is 16.3. The van der Waals surface area contributed by atoms with Crippen LogP contribution in [0.15, 0.2) is 0 Å². The predicted octanol–water partition coefficient (Wildman–Crippen LogP) is 5.46. The first-order chi connectivity index (χ1) is 8.73. The Morgan fingerprint density at radius 3 is 2.28 bits per heavy atom. The van der Waals surface area contributed by atoms with Gasteiger partial charge in [0.2, 0.25) is 0 Å². The normalized spacial score (nSPS) is 28.5. The fourth-order valence-electron chi connectivity index (χ4n) is 3.60. The van der Waals surface area contributed by atoms with Crippen LogP contribution in [0.25, 0.3) is 0 Å². The zero-order valence-corrected chi connectivity index (χ0v) is 12.7. The molecule has 108 valence electrons. The van der Waals surface area contributed by atoms with Gasteiger partial charge in [0.1, 0.15) is 0 Å². The van der Waals surface area contributed by atoms with Crippen LogP contribution in [0, 0.1) is 5.92 Å². The van der Waals surface area contributed by atoms with Gasteiger partial charge in [-0.25, -0.2) is 0 Å². The van der Waals surface area contributed by atoms with E-state index in [1.165, 1.54) is 64.2 Å². The summed E-state index contributed by atoms with van der Waals surface area (Å²) in [6.45, 7) is 4.51. The van der Waals surface area contributed by atoms with Crippen LogP contribution in [0.4, 0.5) is 0 Å². The van der Waals surface area contributed by atoms with Crippen molar-refractivity contribution in [3.05, 3.63) is 0 Å². The van der Waals surface area contributed by atoms with Crippen LogP contribution in [0.2, 0.25) is 0 Å². The van der Waals surface area contributed by atoms with E-state index in [2.05, 4.69) is 13.8 Å². The maximum absolute atomic E-state index is 10.8. The standard InChI is InChI=1S/C17H34O/c1-3-5-6-7-8-9-11-14-17(18)15-12-10-13-16(17)4-2/h16,18H,3-15H2,1-2H3. The second-order valence-corrected chi connectivity index (χ2v) is 6.33. The minimum Gasteiger partial charge on any atom is -0.390 e. The summed E-state index contributed by atoms with van der Waals surface area (Å²) in [5.74, 6) is 0.575. The highest BCUT2D eigenvalue weighted by Crippen LogP contribution is 2.39. The summed E-state index contributed by atoms with van der Waals surface area (Å²) >= 11 is 0. The Morgan fingerprint density at radius 2 is 1.61 bits per heavy atom. The molecule has 1 aliphatic rings. The summed E-state index contributed by atoms with van der Waals surface area (Å²) in [5, 5.41) is 10.8. The van der Waals surface area contributed by atoms with E-state index in [1.807, 2.05) is 0 Å². The van der Waals surface area contributed by atoms with Crippen LogP contribution in [-0.4, -0.2) is 10.7 Å². The Kier molecular flexibility index (Phi) is 7.97. The summed E-state index contributed by atoms with van der Waals surface area (Å²) in [5.41, 5.74) is -0.309. The fourth-order valence-corrected chi connectivity index (χ4v) is 3.60. The van der Waals surface area contributed by atoms with Crippen molar-refractivity contribution in [2.75, 3.05) is 0 Å². The molecule has 0 amide bonds. The van der Waals surface area contributed by atoms with Gasteiger partial charge in [-0.3, -0.25) is 0 Å². The van der Waals surface area contributed by atoms with Gasteiger partial charge >= 0.3 is 0 Å². The van der Waals surface area contributed by atoms with Crippen molar-refractivity contribution in [2.45, 2.75) is 103 Å². The molecule has 0 aliphatic heterocycles. The molecule has 0 bridgehead atoms. The van der Waals surface area contributed by atoms with E-state index in [-0.39, 0.29) is 5.60 Å². The minimum atomic E-state index is -0.309. The number of rotatable bonds is 9. The molecule has 0 aromatic carbocycles. The highest BCUT2D eigenvalue weighted by molar-refractivity contribution is 4.89. The monoisotopic (exact) mass is 254 g/mol. The van der Waals surface area contributed by atoms with Gasteiger partial charge in [0.15, 0.2) is 0 Å². The van der Waals surface area contributed by atoms with Gasteiger partial charge < -0.3 is 5.11 Å². The molecule has 1 rings (SSSR count). The van der Waals surface area contributed by atoms with Gasteiger partial charge in [-0.2, -0.15) is 0 Å². The van der Waals surface area contributed by atoms with Crippen molar-refractivity contribution < 1.29 is 5.11 Å². The summed E-state index contributed by atoms with van der Waals surface area (Å²) in [6.07, 6.45) is 16.5.